The highest BCUT2D eigenvalue weighted by Gasteiger charge is 2.23. The Labute approximate surface area is 140 Å². The summed E-state index contributed by atoms with van der Waals surface area (Å²) in [4.78, 5) is 18.0. The number of ether oxygens (including phenoxy) is 1. The molecule has 2 heterocycles. The molecule has 3 atom stereocenters. The molecule has 1 fully saturated rings. The van der Waals surface area contributed by atoms with Crippen LogP contribution in [0.3, 0.4) is 0 Å². The van der Waals surface area contributed by atoms with Crippen molar-refractivity contribution in [3.8, 4) is 0 Å². The molecule has 1 aromatic carbocycles. The van der Waals surface area contributed by atoms with Gasteiger partial charge in [0, 0.05) is 13.2 Å². The van der Waals surface area contributed by atoms with Gasteiger partial charge in [-0.15, -0.1) is 11.3 Å². The van der Waals surface area contributed by atoms with E-state index >= 15 is 0 Å². The number of likely N-dealkylation sites (N-methyl/N-ethyl adjacent to an activating group) is 1. The molecular weight excluding hydrogens is 310 g/mol. The Hall–Kier alpha value is -1.50. The van der Waals surface area contributed by atoms with Gasteiger partial charge in [-0.1, -0.05) is 12.1 Å². The van der Waals surface area contributed by atoms with Crippen LogP contribution in [0.5, 0.6) is 0 Å². The van der Waals surface area contributed by atoms with Crippen LogP contribution in [0, 0.1) is 0 Å². The normalized spacial score (nSPS) is 20.5. The summed E-state index contributed by atoms with van der Waals surface area (Å²) < 4.78 is 6.73. The minimum atomic E-state index is 0.0750. The molecule has 0 bridgehead atoms. The number of para-hydroxylation sites is 1. The zero-order valence-electron chi connectivity index (χ0n) is 13.7. The fraction of sp³-hybridized carbons (Fsp3) is 0.529. The van der Waals surface area contributed by atoms with E-state index in [1.807, 2.05) is 25.2 Å². The zero-order chi connectivity index (χ0) is 16.2. The van der Waals surface area contributed by atoms with Crippen LogP contribution in [0.15, 0.2) is 24.3 Å². The van der Waals surface area contributed by atoms with Crippen molar-refractivity contribution < 1.29 is 14.4 Å². The summed E-state index contributed by atoms with van der Waals surface area (Å²) in [6.07, 6.45) is 2.34. The first-order valence-corrected chi connectivity index (χ1v) is 9.01. The van der Waals surface area contributed by atoms with Crippen LogP contribution in [0.2, 0.25) is 0 Å². The molecule has 124 valence electrons. The second-order valence-corrected chi connectivity index (χ2v) is 7.27. The molecule has 0 saturated carbocycles. The lowest BCUT2D eigenvalue weighted by molar-refractivity contribution is -0.902. The van der Waals surface area contributed by atoms with E-state index < -0.39 is 0 Å². The predicted molar refractivity (Wildman–Crippen MR) is 91.8 cm³/mol. The number of nitrogens with zero attached hydrogens (tertiary/aromatic N) is 1. The second kappa shape index (κ2) is 7.38. The Kier molecular flexibility index (Phi) is 5.25. The Morgan fingerprint density at radius 3 is 3.09 bits per heavy atom. The molecule has 6 heteroatoms. The highest BCUT2D eigenvalue weighted by molar-refractivity contribution is 7.18. The van der Waals surface area contributed by atoms with E-state index in [-0.39, 0.29) is 18.1 Å². The highest BCUT2D eigenvalue weighted by atomic mass is 32.1. The first-order valence-electron chi connectivity index (χ1n) is 8.19. The summed E-state index contributed by atoms with van der Waals surface area (Å²) in [5, 5.41) is 4.07. The third-order valence-electron chi connectivity index (χ3n) is 4.41. The topological polar surface area (TPSA) is 55.7 Å². The fourth-order valence-electron chi connectivity index (χ4n) is 2.79. The lowest BCUT2D eigenvalue weighted by Crippen LogP contribution is -3.10. The number of carbonyl (C=O) groups is 1. The van der Waals surface area contributed by atoms with Crippen LogP contribution in [0.1, 0.15) is 30.8 Å². The lowest BCUT2D eigenvalue weighted by atomic mass is 10.2. The number of aromatic nitrogens is 1. The van der Waals surface area contributed by atoms with Gasteiger partial charge in [-0.25, -0.2) is 4.98 Å². The van der Waals surface area contributed by atoms with Gasteiger partial charge < -0.3 is 15.0 Å². The molecule has 1 aliphatic heterocycles. The smallest absolute Gasteiger partial charge is 0.275 e. The number of quaternary nitrogens is 1. The van der Waals surface area contributed by atoms with E-state index in [1.54, 1.807) is 11.3 Å². The van der Waals surface area contributed by atoms with Crippen LogP contribution < -0.4 is 10.2 Å². The highest BCUT2D eigenvalue weighted by Crippen LogP contribution is 2.24. The Morgan fingerprint density at radius 1 is 1.52 bits per heavy atom. The van der Waals surface area contributed by atoms with Gasteiger partial charge in [0.25, 0.3) is 5.91 Å². The molecule has 0 radical (unpaired) electrons. The van der Waals surface area contributed by atoms with E-state index in [4.69, 9.17) is 9.72 Å². The van der Waals surface area contributed by atoms with Crippen LogP contribution in [-0.4, -0.2) is 43.7 Å². The molecule has 1 saturated heterocycles. The van der Waals surface area contributed by atoms with Gasteiger partial charge in [0.05, 0.1) is 23.4 Å². The number of carbonyl (C=O) groups excluding carboxylic acids is 1. The number of thiazole rings is 1. The maximum absolute atomic E-state index is 12.1. The van der Waals surface area contributed by atoms with Gasteiger partial charge in [0.1, 0.15) is 6.04 Å². The van der Waals surface area contributed by atoms with Crippen molar-refractivity contribution in [2.75, 3.05) is 26.7 Å². The molecule has 2 N–H and O–H groups in total. The SMILES string of the molecule is C[C@@H](c1nc2ccccc2s1)[NH+](C)CC(=O)NC[C@@H]1CCCO1. The van der Waals surface area contributed by atoms with Crippen molar-refractivity contribution in [3.05, 3.63) is 29.3 Å². The summed E-state index contributed by atoms with van der Waals surface area (Å²) in [7, 11) is 2.04. The maximum atomic E-state index is 12.1. The van der Waals surface area contributed by atoms with Gasteiger partial charge >= 0.3 is 0 Å². The third kappa shape index (κ3) is 4.07. The summed E-state index contributed by atoms with van der Waals surface area (Å²) in [6, 6.07) is 8.36. The van der Waals surface area contributed by atoms with Crippen molar-refractivity contribution in [1.82, 2.24) is 10.3 Å². The molecule has 1 aliphatic rings. The van der Waals surface area contributed by atoms with E-state index in [2.05, 4.69) is 18.3 Å². The van der Waals surface area contributed by atoms with Crippen molar-refractivity contribution in [3.63, 3.8) is 0 Å². The molecule has 0 spiro atoms. The number of nitrogens with one attached hydrogen (secondary N) is 2. The van der Waals surface area contributed by atoms with Gasteiger partial charge in [0.15, 0.2) is 11.6 Å². The summed E-state index contributed by atoms with van der Waals surface area (Å²) >= 11 is 1.71. The van der Waals surface area contributed by atoms with Crippen molar-refractivity contribution in [2.45, 2.75) is 31.9 Å². The maximum Gasteiger partial charge on any atom is 0.275 e. The molecule has 1 unspecified atom stereocenters. The van der Waals surface area contributed by atoms with E-state index in [1.165, 1.54) is 4.70 Å². The van der Waals surface area contributed by atoms with E-state index in [0.717, 1.165) is 34.9 Å². The van der Waals surface area contributed by atoms with Gasteiger partial charge in [-0.3, -0.25) is 4.79 Å². The molecule has 5 nitrogen and oxygen atoms in total. The molecule has 3 rings (SSSR count). The first-order chi connectivity index (χ1) is 11.1. The molecule has 0 aliphatic carbocycles. The quantitative estimate of drug-likeness (QED) is 0.834. The van der Waals surface area contributed by atoms with Crippen molar-refractivity contribution in [2.24, 2.45) is 0 Å². The molecular formula is C17H24N3O2S+. The monoisotopic (exact) mass is 334 g/mol. The van der Waals surface area contributed by atoms with Gasteiger partial charge in [-0.05, 0) is 31.9 Å². The van der Waals surface area contributed by atoms with E-state index in [0.29, 0.717) is 13.1 Å². The number of benzene rings is 1. The van der Waals surface area contributed by atoms with Crippen molar-refractivity contribution >= 4 is 27.5 Å². The lowest BCUT2D eigenvalue weighted by Gasteiger charge is -2.20. The van der Waals surface area contributed by atoms with Crippen molar-refractivity contribution in [1.29, 1.82) is 0 Å². The molecule has 1 amide bonds. The largest absolute Gasteiger partial charge is 0.376 e. The summed E-state index contributed by atoms with van der Waals surface area (Å²) in [5.41, 5.74) is 1.04. The zero-order valence-corrected chi connectivity index (χ0v) is 14.5. The average molecular weight is 334 g/mol. The molecule has 1 aromatic heterocycles. The third-order valence-corrected chi connectivity index (χ3v) is 5.63. The first kappa shape index (κ1) is 16.4. The Morgan fingerprint density at radius 2 is 2.35 bits per heavy atom. The number of fused-ring (bicyclic) bond motifs is 1. The summed E-state index contributed by atoms with van der Waals surface area (Å²) in [6.45, 7) is 4.02. The summed E-state index contributed by atoms with van der Waals surface area (Å²) in [5.74, 6) is 0.0750. The molecule has 2 aromatic rings. The minimum absolute atomic E-state index is 0.0750. The fourth-order valence-corrected chi connectivity index (χ4v) is 3.90. The van der Waals surface area contributed by atoms with Crippen LogP contribution in [-0.2, 0) is 9.53 Å². The molecule has 23 heavy (non-hydrogen) atoms. The van der Waals surface area contributed by atoms with Gasteiger partial charge in [-0.2, -0.15) is 0 Å². The second-order valence-electron chi connectivity index (χ2n) is 6.20. The minimum Gasteiger partial charge on any atom is -0.376 e. The average Bonchev–Trinajstić information content (AvgIpc) is 3.21. The number of hydrogen-bond donors (Lipinski definition) is 2. The predicted octanol–water partition coefficient (Wildman–Crippen LogP) is 1.17. The Balaban J connectivity index is 1.53. The van der Waals surface area contributed by atoms with Crippen LogP contribution in [0.4, 0.5) is 0 Å². The van der Waals surface area contributed by atoms with E-state index in [9.17, 15) is 4.79 Å². The van der Waals surface area contributed by atoms with Crippen LogP contribution in [0.25, 0.3) is 10.2 Å². The van der Waals surface area contributed by atoms with Crippen LogP contribution >= 0.6 is 11.3 Å². The number of amides is 1. The number of rotatable bonds is 6. The standard InChI is InChI=1S/C17H23N3O2S/c1-12(17-19-14-7-3-4-8-15(14)23-17)20(2)11-16(21)18-10-13-6-5-9-22-13/h3-4,7-8,12-13H,5-6,9-11H2,1-2H3,(H,18,21)/p+1/t12-,13-/m0/s1. The number of hydrogen-bond acceptors (Lipinski definition) is 4. The Bertz CT molecular complexity index is 634. The van der Waals surface area contributed by atoms with Gasteiger partial charge in [0.2, 0.25) is 0 Å².